The summed E-state index contributed by atoms with van der Waals surface area (Å²) in [4.78, 5) is 48.4. The van der Waals surface area contributed by atoms with E-state index in [1.165, 1.54) is 57.6 Å². The molecule has 9 nitrogen and oxygen atoms in total. The number of esters is 1. The van der Waals surface area contributed by atoms with E-state index in [2.05, 4.69) is 56.6 Å². The maximum absolute atomic E-state index is 12.7. The molecular formula is C39H65N3O6. The summed E-state index contributed by atoms with van der Waals surface area (Å²) < 4.78 is 11.0. The first-order valence-electron chi connectivity index (χ1n) is 19.1. The Morgan fingerprint density at radius 1 is 0.958 bits per heavy atom. The van der Waals surface area contributed by atoms with E-state index in [9.17, 15) is 19.2 Å². The number of amides is 3. The van der Waals surface area contributed by atoms with Gasteiger partial charge in [-0.15, -0.1) is 0 Å². The van der Waals surface area contributed by atoms with Crippen molar-refractivity contribution in [1.29, 1.82) is 0 Å². The van der Waals surface area contributed by atoms with Gasteiger partial charge < -0.3 is 25.4 Å². The molecule has 3 saturated carbocycles. The maximum Gasteiger partial charge on any atom is 0.407 e. The highest BCUT2D eigenvalue weighted by Gasteiger charge is 2.59. The first-order chi connectivity index (χ1) is 22.8. The number of alkyl carbamates (subject to hydrolysis) is 1. The molecule has 0 saturated heterocycles. The Bertz CT molecular complexity index is 1170. The molecule has 4 unspecified atom stereocenters. The number of ether oxygens (including phenoxy) is 2. The van der Waals surface area contributed by atoms with Crippen molar-refractivity contribution in [3.63, 3.8) is 0 Å². The van der Waals surface area contributed by atoms with Crippen molar-refractivity contribution in [3.05, 3.63) is 11.6 Å². The molecule has 0 spiro atoms. The molecule has 0 aromatic carbocycles. The van der Waals surface area contributed by atoms with Crippen molar-refractivity contribution >= 4 is 23.9 Å². The summed E-state index contributed by atoms with van der Waals surface area (Å²) in [6.45, 7) is 14.0. The van der Waals surface area contributed by atoms with Crippen LogP contribution in [-0.2, 0) is 23.9 Å². The van der Waals surface area contributed by atoms with Crippen LogP contribution >= 0.6 is 0 Å². The van der Waals surface area contributed by atoms with E-state index in [-0.39, 0.29) is 55.4 Å². The molecule has 0 aromatic heterocycles. The van der Waals surface area contributed by atoms with Crippen LogP contribution in [0.15, 0.2) is 11.6 Å². The first kappa shape index (κ1) is 38.2. The minimum absolute atomic E-state index is 0.00913. The lowest BCUT2D eigenvalue weighted by molar-refractivity contribution is -0.146. The average Bonchev–Trinajstić information content (AvgIpc) is 3.41. The van der Waals surface area contributed by atoms with E-state index < -0.39 is 12.1 Å². The summed E-state index contributed by atoms with van der Waals surface area (Å²) in [5.41, 5.74) is 2.13. The highest BCUT2D eigenvalue weighted by Crippen LogP contribution is 2.67. The molecule has 9 heteroatoms. The third-order valence-corrected chi connectivity index (χ3v) is 13.1. The third-order valence-electron chi connectivity index (χ3n) is 13.1. The predicted octanol–water partition coefficient (Wildman–Crippen LogP) is 7.09. The Balaban J connectivity index is 1.23. The SMILES string of the molecule is CCC(COC(=O)CCC(=O)NC)NC(=O)CNC(=O)O[C@H]1CC[C@@]2(C)C(=CCC3C2CC[C@@]2(C)C3CC[C@@H]2[C@H](C)CCCC(C)C)C1. The van der Waals surface area contributed by atoms with Gasteiger partial charge in [0.1, 0.15) is 19.3 Å². The van der Waals surface area contributed by atoms with Crippen LogP contribution in [0.1, 0.15) is 131 Å². The van der Waals surface area contributed by atoms with Gasteiger partial charge in [0, 0.05) is 19.9 Å². The molecule has 4 aliphatic carbocycles. The zero-order valence-corrected chi connectivity index (χ0v) is 31.0. The molecule has 4 rings (SSSR count). The number of carbonyl (C=O) groups excluding carboxylic acids is 4. The molecule has 3 fully saturated rings. The second-order valence-corrected chi connectivity index (χ2v) is 16.4. The number of nitrogens with one attached hydrogen (secondary N) is 3. The number of hydrogen-bond donors (Lipinski definition) is 3. The van der Waals surface area contributed by atoms with Gasteiger partial charge in [-0.2, -0.15) is 0 Å². The van der Waals surface area contributed by atoms with Gasteiger partial charge in [-0.3, -0.25) is 14.4 Å². The smallest absolute Gasteiger partial charge is 0.407 e. The summed E-state index contributed by atoms with van der Waals surface area (Å²) in [7, 11) is 1.51. The quantitative estimate of drug-likeness (QED) is 0.126. The van der Waals surface area contributed by atoms with Gasteiger partial charge in [-0.1, -0.05) is 72.5 Å². The fourth-order valence-corrected chi connectivity index (χ4v) is 10.2. The molecule has 4 aliphatic rings. The summed E-state index contributed by atoms with van der Waals surface area (Å²) in [5.74, 6) is 3.67. The highest BCUT2D eigenvalue weighted by atomic mass is 16.6. The molecule has 0 radical (unpaired) electrons. The minimum Gasteiger partial charge on any atom is -0.463 e. The van der Waals surface area contributed by atoms with Crippen molar-refractivity contribution in [2.24, 2.45) is 46.3 Å². The number of hydrogen-bond acceptors (Lipinski definition) is 6. The fourth-order valence-electron chi connectivity index (χ4n) is 10.2. The zero-order chi connectivity index (χ0) is 35.1. The van der Waals surface area contributed by atoms with Crippen LogP contribution in [0.2, 0.25) is 0 Å². The molecule has 9 atom stereocenters. The Kier molecular flexibility index (Phi) is 13.4. The number of fused-ring (bicyclic) bond motifs is 5. The molecule has 272 valence electrons. The van der Waals surface area contributed by atoms with Gasteiger partial charge in [-0.05, 0) is 97.7 Å². The van der Waals surface area contributed by atoms with Gasteiger partial charge >= 0.3 is 12.1 Å². The van der Waals surface area contributed by atoms with E-state index in [4.69, 9.17) is 9.47 Å². The minimum atomic E-state index is -0.574. The number of carbonyl (C=O) groups is 4. The monoisotopic (exact) mass is 671 g/mol. The summed E-state index contributed by atoms with van der Waals surface area (Å²) in [6, 6.07) is -0.386. The molecular weight excluding hydrogens is 606 g/mol. The lowest BCUT2D eigenvalue weighted by atomic mass is 9.47. The molecule has 0 heterocycles. The van der Waals surface area contributed by atoms with Crippen LogP contribution in [0.25, 0.3) is 0 Å². The van der Waals surface area contributed by atoms with Gasteiger partial charge in [0.2, 0.25) is 11.8 Å². The molecule has 0 aromatic rings. The lowest BCUT2D eigenvalue weighted by Crippen LogP contribution is -2.51. The predicted molar refractivity (Wildman–Crippen MR) is 188 cm³/mol. The number of rotatable bonds is 15. The maximum atomic E-state index is 12.7. The van der Waals surface area contributed by atoms with E-state index in [0.717, 1.165) is 55.3 Å². The lowest BCUT2D eigenvalue weighted by Gasteiger charge is -2.58. The summed E-state index contributed by atoms with van der Waals surface area (Å²) in [6.07, 6.45) is 15.7. The van der Waals surface area contributed by atoms with E-state index in [1.54, 1.807) is 0 Å². The molecule has 0 aliphatic heterocycles. The Morgan fingerprint density at radius 2 is 1.73 bits per heavy atom. The van der Waals surface area contributed by atoms with Gasteiger partial charge in [-0.25, -0.2) is 4.79 Å². The van der Waals surface area contributed by atoms with Gasteiger partial charge in [0.05, 0.1) is 12.5 Å². The zero-order valence-electron chi connectivity index (χ0n) is 31.0. The van der Waals surface area contributed by atoms with Crippen molar-refractivity contribution in [2.75, 3.05) is 20.2 Å². The van der Waals surface area contributed by atoms with E-state index in [1.807, 2.05) is 6.92 Å². The van der Waals surface area contributed by atoms with Crippen LogP contribution < -0.4 is 16.0 Å². The molecule has 0 bridgehead atoms. The van der Waals surface area contributed by atoms with Crippen LogP contribution in [0.5, 0.6) is 0 Å². The fraction of sp³-hybridized carbons (Fsp3) is 0.846. The molecule has 3 amide bonds. The second kappa shape index (κ2) is 16.9. The Morgan fingerprint density at radius 3 is 2.44 bits per heavy atom. The van der Waals surface area contributed by atoms with Crippen LogP contribution in [0, 0.1) is 46.3 Å². The highest BCUT2D eigenvalue weighted by molar-refractivity contribution is 5.82. The second-order valence-electron chi connectivity index (χ2n) is 16.4. The first-order valence-corrected chi connectivity index (χ1v) is 19.1. The Hall–Kier alpha value is -2.58. The number of allylic oxidation sites excluding steroid dienone is 1. The largest absolute Gasteiger partial charge is 0.463 e. The Labute approximate surface area is 289 Å². The van der Waals surface area contributed by atoms with Gasteiger partial charge in [0.15, 0.2) is 0 Å². The van der Waals surface area contributed by atoms with Crippen molar-refractivity contribution < 1.29 is 28.7 Å². The third kappa shape index (κ3) is 9.15. The molecule has 48 heavy (non-hydrogen) atoms. The molecule has 3 N–H and O–H groups in total. The van der Waals surface area contributed by atoms with Crippen molar-refractivity contribution in [1.82, 2.24) is 16.0 Å². The summed E-state index contributed by atoms with van der Waals surface area (Å²) in [5, 5.41) is 7.86. The van der Waals surface area contributed by atoms with Crippen LogP contribution in [-0.4, -0.2) is 56.2 Å². The summed E-state index contributed by atoms with van der Waals surface area (Å²) >= 11 is 0. The van der Waals surface area contributed by atoms with Crippen molar-refractivity contribution in [3.8, 4) is 0 Å². The standard InChI is InChI=1S/C39H65N3O6/c1-8-28(24-47-36(45)17-16-34(43)40-7)42-35(44)23-41-37(46)48-29-18-20-38(5)27(22-29)12-13-30-32-15-14-31(26(4)11-9-10-25(2)3)39(32,6)21-19-33(30)38/h12,25-26,28-33H,8-11,13-24H2,1-7H3,(H,40,43)(H,41,46)(H,42,44)/t26-,28?,29+,30?,31-,32?,33?,38+,39-/m1/s1. The van der Waals surface area contributed by atoms with Crippen LogP contribution in [0.3, 0.4) is 0 Å². The van der Waals surface area contributed by atoms with E-state index >= 15 is 0 Å². The average molecular weight is 672 g/mol. The van der Waals surface area contributed by atoms with Crippen molar-refractivity contribution in [2.45, 2.75) is 144 Å². The van der Waals surface area contributed by atoms with E-state index in [0.29, 0.717) is 17.8 Å². The topological polar surface area (TPSA) is 123 Å². The normalized spacial score (nSPS) is 32.1. The van der Waals surface area contributed by atoms with Crippen LogP contribution in [0.4, 0.5) is 4.79 Å². The van der Waals surface area contributed by atoms with Gasteiger partial charge in [0.25, 0.3) is 0 Å².